The first-order chi connectivity index (χ1) is 13.0. The fourth-order valence-electron chi connectivity index (χ4n) is 3.80. The number of nitrogens with zero attached hydrogens (tertiary/aromatic N) is 2. The number of benzene rings is 1. The van der Waals surface area contributed by atoms with Crippen LogP contribution in [-0.2, 0) is 14.8 Å². The third-order valence-electron chi connectivity index (χ3n) is 5.49. The van der Waals surface area contributed by atoms with E-state index in [2.05, 4.69) is 0 Å². The number of rotatable bonds is 4. The summed E-state index contributed by atoms with van der Waals surface area (Å²) in [6.07, 6.45) is 5.79. The molecule has 0 aromatic heterocycles. The molecule has 6 nitrogen and oxygen atoms in total. The van der Waals surface area contributed by atoms with Gasteiger partial charge in [-0.2, -0.15) is 4.31 Å². The zero-order chi connectivity index (χ0) is 19.3. The number of hydrogen-bond donors (Lipinski definition) is 1. The molecule has 0 bridgehead atoms. The number of halogens is 1. The molecule has 1 N–H and O–H groups in total. The predicted octanol–water partition coefficient (Wildman–Crippen LogP) is 0.508. The molecule has 2 heterocycles. The van der Waals surface area contributed by atoms with E-state index < -0.39 is 15.8 Å². The molecule has 1 aromatic carbocycles. The van der Waals surface area contributed by atoms with Gasteiger partial charge in [-0.1, -0.05) is 19.3 Å². The van der Waals surface area contributed by atoms with Gasteiger partial charge >= 0.3 is 0 Å². The van der Waals surface area contributed by atoms with E-state index in [1.165, 1.54) is 35.7 Å². The number of carbonyl (C=O) groups excluding carboxylic acids is 1. The molecule has 2 saturated heterocycles. The Morgan fingerprint density at radius 3 is 2.07 bits per heavy atom. The van der Waals surface area contributed by atoms with Crippen LogP contribution in [0.15, 0.2) is 29.2 Å². The van der Waals surface area contributed by atoms with Crippen molar-refractivity contribution in [3.63, 3.8) is 0 Å². The van der Waals surface area contributed by atoms with Gasteiger partial charge in [0.2, 0.25) is 10.0 Å². The van der Waals surface area contributed by atoms with Crippen molar-refractivity contribution in [3.8, 4) is 0 Å². The van der Waals surface area contributed by atoms with Gasteiger partial charge in [0.25, 0.3) is 5.91 Å². The molecule has 27 heavy (non-hydrogen) atoms. The molecule has 1 amide bonds. The van der Waals surface area contributed by atoms with Gasteiger partial charge in [-0.25, -0.2) is 12.8 Å². The monoisotopic (exact) mass is 398 g/mol. The van der Waals surface area contributed by atoms with Gasteiger partial charge in [0.15, 0.2) is 6.54 Å². The summed E-state index contributed by atoms with van der Waals surface area (Å²) in [5, 5.41) is 0. The van der Waals surface area contributed by atoms with Crippen molar-refractivity contribution >= 4 is 15.9 Å². The lowest BCUT2D eigenvalue weighted by Crippen LogP contribution is -3.15. The Bertz CT molecular complexity index is 723. The summed E-state index contributed by atoms with van der Waals surface area (Å²) in [6, 6.07) is 4.93. The Balaban J connectivity index is 1.52. The molecule has 8 heteroatoms. The van der Waals surface area contributed by atoms with Gasteiger partial charge < -0.3 is 9.80 Å². The number of quaternary nitrogens is 1. The van der Waals surface area contributed by atoms with Gasteiger partial charge in [0.05, 0.1) is 31.1 Å². The molecule has 2 aliphatic heterocycles. The first kappa shape index (κ1) is 20.2. The van der Waals surface area contributed by atoms with Gasteiger partial charge in [-0.15, -0.1) is 0 Å². The van der Waals surface area contributed by atoms with E-state index in [-0.39, 0.29) is 10.8 Å². The van der Waals surface area contributed by atoms with Crippen LogP contribution < -0.4 is 4.90 Å². The second-order valence-electron chi connectivity index (χ2n) is 7.43. The third-order valence-corrected chi connectivity index (χ3v) is 7.40. The molecule has 0 atom stereocenters. The van der Waals surface area contributed by atoms with Crippen LogP contribution in [0, 0.1) is 5.82 Å². The topological polar surface area (TPSA) is 62.1 Å². The Morgan fingerprint density at radius 2 is 1.48 bits per heavy atom. The van der Waals surface area contributed by atoms with E-state index in [0.29, 0.717) is 32.7 Å². The standard InChI is InChI=1S/C19H28FN3O3S/c20-17-6-8-18(9-7-17)27(25,26)23-14-12-21(13-15-23)16-19(24)22-10-4-2-1-3-5-11-22/h6-9H,1-5,10-16H2/p+1. The number of sulfonamides is 1. The molecule has 0 radical (unpaired) electrons. The molecule has 0 spiro atoms. The summed E-state index contributed by atoms with van der Waals surface area (Å²) >= 11 is 0. The van der Waals surface area contributed by atoms with Crippen molar-refractivity contribution in [2.24, 2.45) is 0 Å². The van der Waals surface area contributed by atoms with Crippen molar-refractivity contribution in [2.45, 2.75) is 37.0 Å². The van der Waals surface area contributed by atoms with E-state index in [4.69, 9.17) is 0 Å². The minimum atomic E-state index is -3.60. The predicted molar refractivity (Wildman–Crippen MR) is 100 cm³/mol. The highest BCUT2D eigenvalue weighted by atomic mass is 32.2. The average molecular weight is 399 g/mol. The van der Waals surface area contributed by atoms with Crippen LogP contribution in [0.2, 0.25) is 0 Å². The molecule has 0 saturated carbocycles. The lowest BCUT2D eigenvalue weighted by Gasteiger charge is -2.32. The van der Waals surface area contributed by atoms with E-state index in [9.17, 15) is 17.6 Å². The smallest absolute Gasteiger partial charge is 0.277 e. The summed E-state index contributed by atoms with van der Waals surface area (Å²) in [5.41, 5.74) is 0. The summed E-state index contributed by atoms with van der Waals surface area (Å²) < 4.78 is 39.8. The van der Waals surface area contributed by atoms with Crippen molar-refractivity contribution in [3.05, 3.63) is 30.1 Å². The first-order valence-corrected chi connectivity index (χ1v) is 11.3. The van der Waals surface area contributed by atoms with Crippen LogP contribution in [0.25, 0.3) is 0 Å². The first-order valence-electron chi connectivity index (χ1n) is 9.84. The largest absolute Gasteiger partial charge is 0.338 e. The van der Waals surface area contributed by atoms with Crippen LogP contribution in [0.5, 0.6) is 0 Å². The highest BCUT2D eigenvalue weighted by Crippen LogP contribution is 2.16. The minimum absolute atomic E-state index is 0.115. The second kappa shape index (κ2) is 9.12. The van der Waals surface area contributed by atoms with Gasteiger partial charge in [-0.3, -0.25) is 4.79 Å². The summed E-state index contributed by atoms with van der Waals surface area (Å²) in [7, 11) is -3.60. The number of likely N-dealkylation sites (tertiary alicyclic amines) is 1. The Kier molecular flexibility index (Phi) is 6.83. The molecule has 150 valence electrons. The zero-order valence-electron chi connectivity index (χ0n) is 15.7. The van der Waals surface area contributed by atoms with Crippen molar-refractivity contribution < 1.29 is 22.5 Å². The molecule has 2 fully saturated rings. The minimum Gasteiger partial charge on any atom is -0.338 e. The quantitative estimate of drug-likeness (QED) is 0.804. The van der Waals surface area contributed by atoms with Gasteiger partial charge in [0, 0.05) is 13.1 Å². The maximum atomic E-state index is 13.0. The van der Waals surface area contributed by atoms with Crippen LogP contribution in [0.3, 0.4) is 0 Å². The number of piperazine rings is 1. The second-order valence-corrected chi connectivity index (χ2v) is 9.37. The number of nitrogens with one attached hydrogen (secondary N) is 1. The van der Waals surface area contributed by atoms with Crippen molar-refractivity contribution in [2.75, 3.05) is 45.8 Å². The van der Waals surface area contributed by atoms with E-state index in [1.807, 2.05) is 4.90 Å². The van der Waals surface area contributed by atoms with Crippen molar-refractivity contribution in [1.82, 2.24) is 9.21 Å². The lowest BCUT2D eigenvalue weighted by atomic mass is 10.1. The fraction of sp³-hybridized carbons (Fsp3) is 0.632. The Morgan fingerprint density at radius 1 is 0.926 bits per heavy atom. The van der Waals surface area contributed by atoms with E-state index in [0.717, 1.165) is 43.0 Å². The molecular weight excluding hydrogens is 369 g/mol. The summed E-state index contributed by atoms with van der Waals surface area (Å²) in [5.74, 6) is -0.271. The van der Waals surface area contributed by atoms with Crippen LogP contribution in [-0.4, -0.2) is 69.3 Å². The summed E-state index contributed by atoms with van der Waals surface area (Å²) in [4.78, 5) is 15.8. The Hall–Kier alpha value is -1.51. The molecule has 2 aliphatic rings. The highest BCUT2D eigenvalue weighted by molar-refractivity contribution is 7.89. The van der Waals surface area contributed by atoms with Crippen LogP contribution in [0.1, 0.15) is 32.1 Å². The average Bonchev–Trinajstić information content (AvgIpc) is 2.62. The number of carbonyl (C=O) groups is 1. The molecule has 0 unspecified atom stereocenters. The molecule has 1 aromatic rings. The Labute approximate surface area is 161 Å². The van der Waals surface area contributed by atoms with E-state index in [1.54, 1.807) is 0 Å². The third kappa shape index (κ3) is 5.27. The highest BCUT2D eigenvalue weighted by Gasteiger charge is 2.31. The molecule has 0 aliphatic carbocycles. The van der Waals surface area contributed by atoms with Crippen LogP contribution >= 0.6 is 0 Å². The zero-order valence-corrected chi connectivity index (χ0v) is 16.5. The lowest BCUT2D eigenvalue weighted by molar-refractivity contribution is -0.896. The maximum Gasteiger partial charge on any atom is 0.277 e. The number of amides is 1. The normalized spacial score (nSPS) is 20.9. The molecule has 3 rings (SSSR count). The van der Waals surface area contributed by atoms with Gasteiger partial charge in [-0.05, 0) is 37.1 Å². The van der Waals surface area contributed by atoms with Crippen molar-refractivity contribution in [1.29, 1.82) is 0 Å². The maximum absolute atomic E-state index is 13.0. The number of hydrogen-bond acceptors (Lipinski definition) is 3. The fourth-order valence-corrected chi connectivity index (χ4v) is 5.24. The summed E-state index contributed by atoms with van der Waals surface area (Å²) in [6.45, 7) is 4.10. The van der Waals surface area contributed by atoms with E-state index >= 15 is 0 Å². The SMILES string of the molecule is O=C(C[NH+]1CCN(S(=O)(=O)c2ccc(F)cc2)CC1)N1CCCCCCC1. The van der Waals surface area contributed by atoms with Crippen LogP contribution in [0.4, 0.5) is 4.39 Å². The van der Waals surface area contributed by atoms with Gasteiger partial charge in [0.1, 0.15) is 5.82 Å². The molecular formula is C19H29FN3O3S+.